The predicted octanol–water partition coefficient (Wildman–Crippen LogP) is 2.87. The van der Waals surface area contributed by atoms with E-state index in [9.17, 15) is 4.39 Å². The zero-order chi connectivity index (χ0) is 12.1. The van der Waals surface area contributed by atoms with Gasteiger partial charge in [0.25, 0.3) is 0 Å². The molecule has 0 saturated heterocycles. The Morgan fingerprint density at radius 1 is 1.24 bits per heavy atom. The van der Waals surface area contributed by atoms with E-state index in [4.69, 9.17) is 0 Å². The Labute approximate surface area is 113 Å². The van der Waals surface area contributed by atoms with Crippen LogP contribution >= 0.6 is 22.6 Å². The number of hydrogen-bond donors (Lipinski definition) is 1. The van der Waals surface area contributed by atoms with Gasteiger partial charge in [0.05, 0.1) is 3.57 Å². The smallest absolute Gasteiger partial charge is 0.142 e. The van der Waals surface area contributed by atoms with Crippen LogP contribution in [0, 0.1) is 9.39 Å². The standard InChI is InChI=1S/C12H11FIN3/c13-10-3-1-9(2-4-10)5-6-16-12-11(14)7-15-8-17-12/h1-4,7-8H,5-6H2,(H,15,16,17). The first kappa shape index (κ1) is 12.2. The van der Waals surface area contributed by atoms with Gasteiger partial charge in [-0.1, -0.05) is 12.1 Å². The molecule has 0 aliphatic rings. The van der Waals surface area contributed by atoms with Crippen molar-refractivity contribution in [1.29, 1.82) is 0 Å². The van der Waals surface area contributed by atoms with E-state index in [1.165, 1.54) is 18.5 Å². The Morgan fingerprint density at radius 3 is 2.71 bits per heavy atom. The molecular weight excluding hydrogens is 332 g/mol. The third-order valence-electron chi connectivity index (χ3n) is 2.29. The maximum atomic E-state index is 12.7. The molecule has 0 saturated carbocycles. The van der Waals surface area contributed by atoms with Crippen molar-refractivity contribution in [3.8, 4) is 0 Å². The average Bonchev–Trinajstić information content (AvgIpc) is 2.34. The molecule has 0 spiro atoms. The van der Waals surface area contributed by atoms with Gasteiger partial charge in [-0.15, -0.1) is 0 Å². The van der Waals surface area contributed by atoms with Crippen LogP contribution < -0.4 is 5.32 Å². The summed E-state index contributed by atoms with van der Waals surface area (Å²) in [7, 11) is 0. The highest BCUT2D eigenvalue weighted by atomic mass is 127. The lowest BCUT2D eigenvalue weighted by molar-refractivity contribution is 0.627. The van der Waals surface area contributed by atoms with E-state index < -0.39 is 0 Å². The maximum Gasteiger partial charge on any atom is 0.142 e. The van der Waals surface area contributed by atoms with Crippen LogP contribution in [-0.2, 0) is 6.42 Å². The molecule has 2 rings (SSSR count). The Morgan fingerprint density at radius 2 is 2.00 bits per heavy atom. The highest BCUT2D eigenvalue weighted by Crippen LogP contribution is 2.12. The Balaban J connectivity index is 1.88. The summed E-state index contributed by atoms with van der Waals surface area (Å²) in [6, 6.07) is 6.54. The molecular formula is C12H11FIN3. The number of halogens is 2. The predicted molar refractivity (Wildman–Crippen MR) is 73.3 cm³/mol. The van der Waals surface area contributed by atoms with Crippen molar-refractivity contribution in [2.45, 2.75) is 6.42 Å². The third kappa shape index (κ3) is 3.62. The number of hydrogen-bond acceptors (Lipinski definition) is 3. The quantitative estimate of drug-likeness (QED) is 0.868. The van der Waals surface area contributed by atoms with Crippen molar-refractivity contribution in [1.82, 2.24) is 9.97 Å². The van der Waals surface area contributed by atoms with Crippen molar-refractivity contribution in [3.05, 3.63) is 51.7 Å². The van der Waals surface area contributed by atoms with Crippen LogP contribution in [0.5, 0.6) is 0 Å². The van der Waals surface area contributed by atoms with Gasteiger partial charge < -0.3 is 5.32 Å². The molecule has 1 heterocycles. The summed E-state index contributed by atoms with van der Waals surface area (Å²) in [5.74, 6) is 0.634. The van der Waals surface area contributed by atoms with Gasteiger partial charge in [0.1, 0.15) is 18.0 Å². The molecule has 1 aromatic carbocycles. The van der Waals surface area contributed by atoms with Crippen LogP contribution in [0.3, 0.4) is 0 Å². The molecule has 0 amide bonds. The monoisotopic (exact) mass is 343 g/mol. The summed E-state index contributed by atoms with van der Waals surface area (Å²) in [6.07, 6.45) is 4.11. The van der Waals surface area contributed by atoms with Crippen LogP contribution in [0.4, 0.5) is 10.2 Å². The molecule has 0 unspecified atom stereocenters. The van der Waals surface area contributed by atoms with E-state index in [2.05, 4.69) is 37.9 Å². The molecule has 0 fully saturated rings. The fourth-order valence-electron chi connectivity index (χ4n) is 1.42. The zero-order valence-electron chi connectivity index (χ0n) is 9.03. The largest absolute Gasteiger partial charge is 0.369 e. The Hall–Kier alpha value is -1.24. The molecule has 1 aromatic heterocycles. The fraction of sp³-hybridized carbons (Fsp3) is 0.167. The minimum Gasteiger partial charge on any atom is -0.369 e. The molecule has 1 N–H and O–H groups in total. The van der Waals surface area contributed by atoms with Crippen LogP contribution in [0.25, 0.3) is 0 Å². The van der Waals surface area contributed by atoms with Gasteiger partial charge in [0.2, 0.25) is 0 Å². The van der Waals surface area contributed by atoms with E-state index in [1.54, 1.807) is 18.3 Å². The highest BCUT2D eigenvalue weighted by Gasteiger charge is 1.99. The third-order valence-corrected chi connectivity index (χ3v) is 3.08. The number of anilines is 1. The van der Waals surface area contributed by atoms with Gasteiger partial charge in [0.15, 0.2) is 0 Å². The van der Waals surface area contributed by atoms with Gasteiger partial charge in [-0.05, 0) is 46.7 Å². The maximum absolute atomic E-state index is 12.7. The Kier molecular flexibility index (Phi) is 4.24. The van der Waals surface area contributed by atoms with Crippen LogP contribution in [0.1, 0.15) is 5.56 Å². The first-order chi connectivity index (χ1) is 8.25. The lowest BCUT2D eigenvalue weighted by Crippen LogP contribution is -2.07. The molecule has 0 aliphatic heterocycles. The fourth-order valence-corrected chi connectivity index (χ4v) is 1.91. The number of rotatable bonds is 4. The summed E-state index contributed by atoms with van der Waals surface area (Å²) in [5.41, 5.74) is 1.10. The van der Waals surface area contributed by atoms with E-state index >= 15 is 0 Å². The van der Waals surface area contributed by atoms with Gasteiger partial charge in [-0.2, -0.15) is 0 Å². The molecule has 2 aromatic rings. The molecule has 3 nitrogen and oxygen atoms in total. The normalized spacial score (nSPS) is 10.2. The van der Waals surface area contributed by atoms with Crippen molar-refractivity contribution in [2.75, 3.05) is 11.9 Å². The van der Waals surface area contributed by atoms with E-state index in [0.29, 0.717) is 0 Å². The number of nitrogens with zero attached hydrogens (tertiary/aromatic N) is 2. The molecule has 88 valence electrons. The molecule has 17 heavy (non-hydrogen) atoms. The van der Waals surface area contributed by atoms with Gasteiger partial charge in [-0.25, -0.2) is 14.4 Å². The first-order valence-electron chi connectivity index (χ1n) is 5.19. The number of benzene rings is 1. The molecule has 0 atom stereocenters. The van der Waals surface area contributed by atoms with Gasteiger partial charge in [0, 0.05) is 12.7 Å². The lowest BCUT2D eigenvalue weighted by Gasteiger charge is -2.06. The summed E-state index contributed by atoms with van der Waals surface area (Å²) >= 11 is 2.18. The highest BCUT2D eigenvalue weighted by molar-refractivity contribution is 14.1. The second-order valence-corrected chi connectivity index (χ2v) is 4.68. The second kappa shape index (κ2) is 5.90. The minimum absolute atomic E-state index is 0.202. The molecule has 5 heteroatoms. The Bertz CT molecular complexity index is 487. The summed E-state index contributed by atoms with van der Waals surface area (Å²) < 4.78 is 13.7. The van der Waals surface area contributed by atoms with Crippen molar-refractivity contribution >= 4 is 28.4 Å². The van der Waals surface area contributed by atoms with Crippen molar-refractivity contribution < 1.29 is 4.39 Å². The van der Waals surface area contributed by atoms with Crippen LogP contribution in [0.2, 0.25) is 0 Å². The minimum atomic E-state index is -0.202. The molecule has 0 bridgehead atoms. The van der Waals surface area contributed by atoms with E-state index in [1.807, 2.05) is 0 Å². The van der Waals surface area contributed by atoms with E-state index in [-0.39, 0.29) is 5.82 Å². The van der Waals surface area contributed by atoms with Crippen molar-refractivity contribution in [2.24, 2.45) is 0 Å². The van der Waals surface area contributed by atoms with Crippen molar-refractivity contribution in [3.63, 3.8) is 0 Å². The number of nitrogens with one attached hydrogen (secondary N) is 1. The summed E-state index contributed by atoms with van der Waals surface area (Å²) in [5, 5.41) is 3.22. The summed E-state index contributed by atoms with van der Waals surface area (Å²) in [4.78, 5) is 8.05. The zero-order valence-corrected chi connectivity index (χ0v) is 11.2. The van der Waals surface area contributed by atoms with Crippen LogP contribution in [0.15, 0.2) is 36.8 Å². The second-order valence-electron chi connectivity index (χ2n) is 3.52. The SMILES string of the molecule is Fc1ccc(CCNc2ncncc2I)cc1. The molecule has 0 radical (unpaired) electrons. The first-order valence-corrected chi connectivity index (χ1v) is 6.27. The summed E-state index contributed by atoms with van der Waals surface area (Å²) in [6.45, 7) is 0.763. The van der Waals surface area contributed by atoms with Gasteiger partial charge >= 0.3 is 0 Å². The topological polar surface area (TPSA) is 37.8 Å². The average molecular weight is 343 g/mol. The van der Waals surface area contributed by atoms with Crippen LogP contribution in [-0.4, -0.2) is 16.5 Å². The number of aromatic nitrogens is 2. The molecule has 0 aliphatic carbocycles. The van der Waals surface area contributed by atoms with E-state index in [0.717, 1.165) is 27.9 Å². The van der Waals surface area contributed by atoms with Gasteiger partial charge in [-0.3, -0.25) is 0 Å². The lowest BCUT2D eigenvalue weighted by atomic mass is 10.1.